The van der Waals surface area contributed by atoms with Crippen LogP contribution < -0.4 is 0 Å². The highest BCUT2D eigenvalue weighted by atomic mass is 14.6. The van der Waals surface area contributed by atoms with Crippen LogP contribution in [0.5, 0.6) is 0 Å². The van der Waals surface area contributed by atoms with E-state index in [4.69, 9.17) is 0 Å². The number of hydrogen-bond acceptors (Lipinski definition) is 3. The van der Waals surface area contributed by atoms with Crippen molar-refractivity contribution in [1.82, 2.24) is 15.0 Å². The van der Waals surface area contributed by atoms with Gasteiger partial charge in [0, 0.05) is 70.6 Å². The first kappa shape index (κ1) is 30.2. The van der Waals surface area contributed by atoms with Crippen molar-refractivity contribution in [2.24, 2.45) is 0 Å². The average Bonchev–Trinajstić information content (AvgIpc) is 3.18. The van der Waals surface area contributed by atoms with Gasteiger partial charge in [-0.05, 0) is 86.5 Å². The van der Waals surface area contributed by atoms with Crippen LogP contribution >= 0.6 is 0 Å². The van der Waals surface area contributed by atoms with Crippen molar-refractivity contribution in [1.29, 1.82) is 0 Å². The average molecular weight is 616 g/mol. The molecule has 4 aromatic carbocycles. The fraction of sp³-hybridized carbons (Fsp3) is 0. The zero-order valence-electron chi connectivity index (χ0n) is 26.6. The van der Waals surface area contributed by atoms with Gasteiger partial charge in [-0.3, -0.25) is 15.0 Å². The lowest BCUT2D eigenvalue weighted by Gasteiger charge is -2.13. The van der Waals surface area contributed by atoms with Crippen LogP contribution in [0.2, 0.25) is 0 Å². The molecule has 0 radical (unpaired) electrons. The Bertz CT molecular complexity index is 1990. The Morgan fingerprint density at radius 2 is 0.479 bits per heavy atom. The number of aromatic nitrogens is 3. The molecule has 0 aliphatic heterocycles. The predicted molar refractivity (Wildman–Crippen MR) is 203 cm³/mol. The van der Waals surface area contributed by atoms with Crippen molar-refractivity contribution in [3.05, 3.63) is 183 Å². The number of pyridine rings is 3. The van der Waals surface area contributed by atoms with E-state index in [1.165, 1.54) is 0 Å². The third kappa shape index (κ3) is 6.44. The molecule has 7 aromatic rings. The van der Waals surface area contributed by atoms with Gasteiger partial charge in [0.1, 0.15) is 0 Å². The molecular weight excluding hydrogens is 583 g/mol. The second-order valence-corrected chi connectivity index (χ2v) is 11.7. The van der Waals surface area contributed by atoms with Crippen molar-refractivity contribution in [3.63, 3.8) is 0 Å². The molecule has 7 rings (SSSR count). The number of nitrogens with zero attached hydrogens (tertiary/aromatic N) is 3. The third-order valence-corrected chi connectivity index (χ3v) is 8.59. The van der Waals surface area contributed by atoms with E-state index < -0.39 is 0 Å². The van der Waals surface area contributed by atoms with E-state index in [-0.39, 0.29) is 0 Å². The Labute approximate surface area is 282 Å². The van der Waals surface area contributed by atoms with Crippen molar-refractivity contribution >= 4 is 18.2 Å². The van der Waals surface area contributed by atoms with E-state index in [2.05, 4.69) is 144 Å². The molecule has 3 nitrogen and oxygen atoms in total. The zero-order valence-corrected chi connectivity index (χ0v) is 26.6. The van der Waals surface area contributed by atoms with Crippen LogP contribution in [0.15, 0.2) is 166 Å². The van der Waals surface area contributed by atoms with E-state index in [0.29, 0.717) is 0 Å². The van der Waals surface area contributed by atoms with Crippen molar-refractivity contribution in [2.45, 2.75) is 0 Å². The molecule has 0 saturated heterocycles. The minimum Gasteiger partial charge on any atom is -0.263 e. The lowest BCUT2D eigenvalue weighted by Crippen LogP contribution is -1.90. The van der Waals surface area contributed by atoms with Gasteiger partial charge in [0.2, 0.25) is 0 Å². The molecule has 228 valence electrons. The van der Waals surface area contributed by atoms with Crippen molar-refractivity contribution < 1.29 is 0 Å². The third-order valence-electron chi connectivity index (χ3n) is 8.59. The lowest BCUT2D eigenvalue weighted by molar-refractivity contribution is 1.31. The van der Waals surface area contributed by atoms with Crippen LogP contribution in [-0.2, 0) is 0 Å². The van der Waals surface area contributed by atoms with E-state index in [0.717, 1.165) is 83.5 Å². The molecule has 0 atom stereocenters. The van der Waals surface area contributed by atoms with E-state index in [1.54, 1.807) is 0 Å². The highest BCUT2D eigenvalue weighted by Gasteiger charge is 2.12. The summed E-state index contributed by atoms with van der Waals surface area (Å²) in [6, 6.07) is 38.3. The minimum absolute atomic E-state index is 1.02. The standard InChI is InChI=1S/C45H33N3/c1-4-31-7-13-34(14-8-31)40-22-43(28-46-25-40)37-19-38(44-23-41(26-47-29-44)35-15-9-32(5-2)10-16-35)21-39(20-37)45-24-42(27-48-30-45)36-17-11-33(6-3)12-18-36/h4-30H,1-3H2. The van der Waals surface area contributed by atoms with Crippen LogP contribution in [-0.4, -0.2) is 15.0 Å². The first-order valence-electron chi connectivity index (χ1n) is 15.8. The molecule has 0 fully saturated rings. The smallest absolute Gasteiger partial charge is 0.0346 e. The summed E-state index contributed by atoms with van der Waals surface area (Å²) in [6.07, 6.45) is 17.1. The fourth-order valence-electron chi connectivity index (χ4n) is 5.83. The van der Waals surface area contributed by atoms with Gasteiger partial charge in [0.25, 0.3) is 0 Å². The molecule has 0 amide bonds. The molecule has 3 heterocycles. The van der Waals surface area contributed by atoms with Crippen LogP contribution in [0.3, 0.4) is 0 Å². The lowest BCUT2D eigenvalue weighted by atomic mass is 9.92. The summed E-state index contributed by atoms with van der Waals surface area (Å²) in [4.78, 5) is 14.0. The summed E-state index contributed by atoms with van der Waals surface area (Å²) < 4.78 is 0. The van der Waals surface area contributed by atoms with Crippen LogP contribution in [0.25, 0.3) is 85.0 Å². The molecular formula is C45H33N3. The predicted octanol–water partition coefficient (Wildman–Crippen LogP) is 11.8. The van der Waals surface area contributed by atoms with Crippen molar-refractivity contribution in [3.8, 4) is 66.8 Å². The van der Waals surface area contributed by atoms with Gasteiger partial charge < -0.3 is 0 Å². The Kier molecular flexibility index (Phi) is 8.50. The molecule has 48 heavy (non-hydrogen) atoms. The first-order chi connectivity index (χ1) is 23.6. The van der Waals surface area contributed by atoms with Gasteiger partial charge in [0.15, 0.2) is 0 Å². The van der Waals surface area contributed by atoms with E-state index >= 15 is 0 Å². The van der Waals surface area contributed by atoms with Crippen LogP contribution in [0.4, 0.5) is 0 Å². The minimum atomic E-state index is 1.02. The maximum Gasteiger partial charge on any atom is 0.0346 e. The Morgan fingerprint density at radius 3 is 0.708 bits per heavy atom. The summed E-state index contributed by atoms with van der Waals surface area (Å²) in [5.41, 5.74) is 15.9. The second-order valence-electron chi connectivity index (χ2n) is 11.7. The number of hydrogen-bond donors (Lipinski definition) is 0. The molecule has 0 aliphatic rings. The highest BCUT2D eigenvalue weighted by molar-refractivity contribution is 5.84. The molecule has 3 heteroatoms. The fourth-order valence-corrected chi connectivity index (χ4v) is 5.83. The zero-order chi connectivity index (χ0) is 32.9. The first-order valence-corrected chi connectivity index (χ1v) is 15.8. The largest absolute Gasteiger partial charge is 0.263 e. The maximum atomic E-state index is 4.66. The quantitative estimate of drug-likeness (QED) is 0.162. The molecule has 0 saturated carbocycles. The monoisotopic (exact) mass is 615 g/mol. The summed E-state index contributed by atoms with van der Waals surface area (Å²) in [7, 11) is 0. The molecule has 0 spiro atoms. The second kappa shape index (κ2) is 13.5. The molecule has 0 aliphatic carbocycles. The summed E-state index contributed by atoms with van der Waals surface area (Å²) >= 11 is 0. The Balaban J connectivity index is 1.35. The van der Waals surface area contributed by atoms with E-state index in [9.17, 15) is 0 Å². The number of rotatable bonds is 9. The van der Waals surface area contributed by atoms with Crippen LogP contribution in [0, 0.1) is 0 Å². The summed E-state index contributed by atoms with van der Waals surface area (Å²) in [5.74, 6) is 0. The Hall–Kier alpha value is -6.45. The van der Waals surface area contributed by atoms with Crippen molar-refractivity contribution in [2.75, 3.05) is 0 Å². The number of benzene rings is 4. The van der Waals surface area contributed by atoms with Crippen LogP contribution in [0.1, 0.15) is 16.7 Å². The highest BCUT2D eigenvalue weighted by Crippen LogP contribution is 2.36. The summed E-state index contributed by atoms with van der Waals surface area (Å²) in [5, 5.41) is 0. The topological polar surface area (TPSA) is 38.7 Å². The Morgan fingerprint density at radius 1 is 0.271 bits per heavy atom. The summed E-state index contributed by atoms with van der Waals surface area (Å²) in [6.45, 7) is 11.7. The van der Waals surface area contributed by atoms with E-state index in [1.807, 2.05) is 55.4 Å². The van der Waals surface area contributed by atoms with Gasteiger partial charge in [-0.2, -0.15) is 0 Å². The SMILES string of the molecule is C=Cc1ccc(-c2cncc(-c3cc(-c4cncc(-c5ccc(C=C)cc5)c4)cc(-c4cncc(-c5ccc(C=C)cc5)c4)c3)c2)cc1. The van der Waals surface area contributed by atoms with Gasteiger partial charge >= 0.3 is 0 Å². The van der Waals surface area contributed by atoms with Gasteiger partial charge in [-0.25, -0.2) is 0 Å². The van der Waals surface area contributed by atoms with Gasteiger partial charge in [-0.15, -0.1) is 0 Å². The molecule has 3 aromatic heterocycles. The molecule has 0 N–H and O–H groups in total. The maximum absolute atomic E-state index is 4.66. The molecule has 0 bridgehead atoms. The van der Waals surface area contributed by atoms with Gasteiger partial charge in [0.05, 0.1) is 0 Å². The molecule has 0 unspecified atom stereocenters. The van der Waals surface area contributed by atoms with Gasteiger partial charge in [-0.1, -0.05) is 111 Å². The normalized spacial score (nSPS) is 10.8.